The van der Waals surface area contributed by atoms with Crippen LogP contribution in [0.25, 0.3) is 0 Å². The van der Waals surface area contributed by atoms with Crippen molar-refractivity contribution in [3.63, 3.8) is 0 Å². The second-order valence-electron chi connectivity index (χ2n) is 1.90. The lowest BCUT2D eigenvalue weighted by Crippen LogP contribution is -2.28. The van der Waals surface area contributed by atoms with Crippen molar-refractivity contribution < 1.29 is 14.6 Å². The lowest BCUT2D eigenvalue weighted by Gasteiger charge is -2.12. The van der Waals surface area contributed by atoms with Crippen LogP contribution in [-0.2, 0) is 4.74 Å². The third-order valence-corrected chi connectivity index (χ3v) is 0.957. The number of nitrogens with zero attached hydrogens (tertiary/aromatic N) is 1. The average molecular weight is 157 g/mol. The molecular weight excluding hydrogens is 146 g/mol. The van der Waals surface area contributed by atoms with Gasteiger partial charge in [0.15, 0.2) is 0 Å². The fourth-order valence-electron chi connectivity index (χ4n) is 0.445. The SMILES string of the molecule is C#CCN(C)C(=O)OCCO. The van der Waals surface area contributed by atoms with Gasteiger partial charge in [0, 0.05) is 7.05 Å². The first kappa shape index (κ1) is 9.79. The van der Waals surface area contributed by atoms with Crippen LogP contribution in [0, 0.1) is 12.3 Å². The van der Waals surface area contributed by atoms with Gasteiger partial charge in [-0.2, -0.15) is 0 Å². The largest absolute Gasteiger partial charge is 0.447 e. The number of rotatable bonds is 3. The fourth-order valence-corrected chi connectivity index (χ4v) is 0.445. The molecular formula is C7H11NO3. The molecule has 0 aromatic carbocycles. The lowest BCUT2D eigenvalue weighted by molar-refractivity contribution is 0.0942. The van der Waals surface area contributed by atoms with Crippen LogP contribution in [0.5, 0.6) is 0 Å². The minimum Gasteiger partial charge on any atom is -0.447 e. The van der Waals surface area contributed by atoms with Crippen molar-refractivity contribution in [2.75, 3.05) is 26.8 Å². The van der Waals surface area contributed by atoms with E-state index in [1.54, 1.807) is 0 Å². The predicted octanol–water partition coefficient (Wildman–Crippen LogP) is -0.320. The molecule has 62 valence electrons. The Kier molecular flexibility index (Phi) is 4.95. The van der Waals surface area contributed by atoms with Crippen molar-refractivity contribution in [1.82, 2.24) is 4.90 Å². The van der Waals surface area contributed by atoms with Crippen molar-refractivity contribution in [3.05, 3.63) is 0 Å². The summed E-state index contributed by atoms with van der Waals surface area (Å²) in [5, 5.41) is 8.29. The molecule has 0 rings (SSSR count). The molecule has 0 aliphatic rings. The van der Waals surface area contributed by atoms with Crippen LogP contribution in [0.3, 0.4) is 0 Å². The number of ether oxygens (including phenoxy) is 1. The van der Waals surface area contributed by atoms with E-state index < -0.39 is 6.09 Å². The standard InChI is InChI=1S/C7H11NO3/c1-3-4-8(2)7(10)11-6-5-9/h1,9H,4-6H2,2H3. The van der Waals surface area contributed by atoms with Gasteiger partial charge in [0.2, 0.25) is 0 Å². The molecule has 0 spiro atoms. The van der Waals surface area contributed by atoms with E-state index in [-0.39, 0.29) is 19.8 Å². The van der Waals surface area contributed by atoms with Crippen molar-refractivity contribution in [1.29, 1.82) is 0 Å². The molecule has 0 aromatic heterocycles. The maximum atomic E-state index is 10.8. The van der Waals surface area contributed by atoms with Crippen LogP contribution in [-0.4, -0.2) is 42.9 Å². The molecule has 11 heavy (non-hydrogen) atoms. The second-order valence-corrected chi connectivity index (χ2v) is 1.90. The third kappa shape index (κ3) is 4.23. The summed E-state index contributed by atoms with van der Waals surface area (Å²) in [6, 6.07) is 0. The van der Waals surface area contributed by atoms with Gasteiger partial charge in [0.1, 0.15) is 6.61 Å². The van der Waals surface area contributed by atoms with E-state index in [4.69, 9.17) is 11.5 Å². The zero-order valence-electron chi connectivity index (χ0n) is 6.41. The van der Waals surface area contributed by atoms with Gasteiger partial charge in [0.05, 0.1) is 13.2 Å². The van der Waals surface area contributed by atoms with E-state index in [1.807, 2.05) is 0 Å². The van der Waals surface area contributed by atoms with Crippen LogP contribution in [0.4, 0.5) is 4.79 Å². The maximum Gasteiger partial charge on any atom is 0.410 e. The van der Waals surface area contributed by atoms with Crippen LogP contribution in [0.1, 0.15) is 0 Å². The molecule has 4 heteroatoms. The van der Waals surface area contributed by atoms with E-state index in [0.29, 0.717) is 0 Å². The Labute approximate surface area is 65.8 Å². The molecule has 0 saturated heterocycles. The quantitative estimate of drug-likeness (QED) is 0.571. The first-order chi connectivity index (χ1) is 5.22. The van der Waals surface area contributed by atoms with Crippen LogP contribution in [0.15, 0.2) is 0 Å². The van der Waals surface area contributed by atoms with E-state index in [1.165, 1.54) is 11.9 Å². The van der Waals surface area contributed by atoms with Gasteiger partial charge < -0.3 is 14.7 Å². The summed E-state index contributed by atoms with van der Waals surface area (Å²) in [6.45, 7) is 0.0492. The molecule has 0 aromatic rings. The molecule has 0 saturated carbocycles. The number of carbonyl (C=O) groups excluding carboxylic acids is 1. The number of hydrogen-bond acceptors (Lipinski definition) is 3. The first-order valence-electron chi connectivity index (χ1n) is 3.14. The highest BCUT2D eigenvalue weighted by Gasteiger charge is 2.06. The number of carbonyl (C=O) groups is 1. The van der Waals surface area contributed by atoms with Gasteiger partial charge in [-0.3, -0.25) is 0 Å². The molecule has 1 amide bonds. The molecule has 1 N–H and O–H groups in total. The molecule has 0 unspecified atom stereocenters. The highest BCUT2D eigenvalue weighted by Crippen LogP contribution is 1.87. The van der Waals surface area contributed by atoms with Crippen molar-refractivity contribution in [2.45, 2.75) is 0 Å². The molecule has 0 atom stereocenters. The van der Waals surface area contributed by atoms with Crippen molar-refractivity contribution >= 4 is 6.09 Å². The van der Waals surface area contributed by atoms with Crippen LogP contribution >= 0.6 is 0 Å². The molecule has 0 fully saturated rings. The normalized spacial score (nSPS) is 8.45. The summed E-state index contributed by atoms with van der Waals surface area (Å²) in [6.07, 6.45) is 4.43. The molecule has 0 aliphatic carbocycles. The maximum absolute atomic E-state index is 10.8. The van der Waals surface area contributed by atoms with Gasteiger partial charge in [-0.1, -0.05) is 5.92 Å². The topological polar surface area (TPSA) is 49.8 Å². The smallest absolute Gasteiger partial charge is 0.410 e. The highest BCUT2D eigenvalue weighted by molar-refractivity contribution is 5.67. The Hall–Kier alpha value is -1.21. The van der Waals surface area contributed by atoms with Gasteiger partial charge in [-0.25, -0.2) is 4.79 Å². The zero-order valence-corrected chi connectivity index (χ0v) is 6.41. The number of aliphatic hydroxyl groups excluding tert-OH is 1. The monoisotopic (exact) mass is 157 g/mol. The zero-order chi connectivity index (χ0) is 8.69. The summed E-state index contributed by atoms with van der Waals surface area (Å²) >= 11 is 0. The molecule has 0 heterocycles. The minimum atomic E-state index is -0.517. The molecule has 0 aliphatic heterocycles. The minimum absolute atomic E-state index is 0.00768. The third-order valence-electron chi connectivity index (χ3n) is 0.957. The van der Waals surface area contributed by atoms with Crippen LogP contribution < -0.4 is 0 Å². The summed E-state index contributed by atoms with van der Waals surface area (Å²) in [5.74, 6) is 2.29. The van der Waals surface area contributed by atoms with Crippen molar-refractivity contribution in [3.8, 4) is 12.3 Å². The Morgan fingerprint density at radius 2 is 2.45 bits per heavy atom. The molecule has 4 nitrogen and oxygen atoms in total. The summed E-state index contributed by atoms with van der Waals surface area (Å²) in [4.78, 5) is 12.0. The van der Waals surface area contributed by atoms with E-state index in [0.717, 1.165) is 0 Å². The number of amides is 1. The Balaban J connectivity index is 3.57. The summed E-state index contributed by atoms with van der Waals surface area (Å²) < 4.78 is 4.55. The lowest BCUT2D eigenvalue weighted by atomic mass is 10.6. The van der Waals surface area contributed by atoms with Gasteiger partial charge >= 0.3 is 6.09 Å². The van der Waals surface area contributed by atoms with E-state index in [9.17, 15) is 4.79 Å². The second kappa shape index (κ2) is 5.57. The number of hydrogen-bond donors (Lipinski definition) is 1. The van der Waals surface area contributed by atoms with Gasteiger partial charge in [0.25, 0.3) is 0 Å². The van der Waals surface area contributed by atoms with E-state index >= 15 is 0 Å². The molecule has 0 bridgehead atoms. The Morgan fingerprint density at radius 3 is 2.91 bits per heavy atom. The number of aliphatic hydroxyl groups is 1. The first-order valence-corrected chi connectivity index (χ1v) is 3.14. The van der Waals surface area contributed by atoms with Crippen LogP contribution in [0.2, 0.25) is 0 Å². The number of terminal acetylenes is 1. The Morgan fingerprint density at radius 1 is 1.82 bits per heavy atom. The predicted molar refractivity (Wildman–Crippen MR) is 39.9 cm³/mol. The van der Waals surface area contributed by atoms with Gasteiger partial charge in [-0.15, -0.1) is 6.42 Å². The summed E-state index contributed by atoms with van der Waals surface area (Å²) in [5.41, 5.74) is 0. The Bertz CT molecular complexity index is 162. The average Bonchev–Trinajstić information content (AvgIpc) is 2.00. The molecule has 0 radical (unpaired) electrons. The summed E-state index contributed by atoms with van der Waals surface area (Å²) in [7, 11) is 1.53. The fraction of sp³-hybridized carbons (Fsp3) is 0.571. The highest BCUT2D eigenvalue weighted by atomic mass is 16.6. The van der Waals surface area contributed by atoms with E-state index in [2.05, 4.69) is 10.7 Å². The van der Waals surface area contributed by atoms with Gasteiger partial charge in [-0.05, 0) is 0 Å². The van der Waals surface area contributed by atoms with Crippen molar-refractivity contribution in [2.24, 2.45) is 0 Å².